The van der Waals surface area contributed by atoms with Gasteiger partial charge in [-0.3, -0.25) is 19.2 Å². The molecule has 8 heteroatoms. The molecule has 0 amide bonds. The number of ketones is 4. The molecule has 0 aromatic rings. The summed E-state index contributed by atoms with van der Waals surface area (Å²) in [5.41, 5.74) is -0.162. The Hall–Kier alpha value is -0.310. The lowest BCUT2D eigenvalue weighted by Crippen LogP contribution is -2.44. The SMILES string of the molecule is CC(C)C1CSCC(C(C)C)C1=O.CC(C)C1CSCCC1=O.CC1(C)CSCC(C)(C)C1=O.CC1COCC(C(C)(C)C)C1=O. The van der Waals surface area contributed by atoms with Crippen molar-refractivity contribution in [3.05, 3.63) is 0 Å². The van der Waals surface area contributed by atoms with E-state index in [9.17, 15) is 19.2 Å². The lowest BCUT2D eigenvalue weighted by molar-refractivity contribution is -0.141. The van der Waals surface area contributed by atoms with E-state index >= 15 is 0 Å². The molecule has 0 N–H and O–H groups in total. The van der Waals surface area contributed by atoms with E-state index in [1.54, 1.807) is 0 Å². The summed E-state index contributed by atoms with van der Waals surface area (Å²) in [6.45, 7) is 30.5. The van der Waals surface area contributed by atoms with Crippen molar-refractivity contribution in [3.63, 3.8) is 0 Å². The average molecular weight is 701 g/mol. The number of ether oxygens (including phenoxy) is 1. The predicted octanol–water partition coefficient (Wildman–Crippen LogP) is 9.05. The topological polar surface area (TPSA) is 77.5 Å². The van der Waals surface area contributed by atoms with Crippen LogP contribution in [0.1, 0.15) is 103 Å². The van der Waals surface area contributed by atoms with Gasteiger partial charge in [-0.05, 0) is 23.2 Å². The molecule has 0 aromatic heterocycles. The third-order valence-electron chi connectivity index (χ3n) is 9.63. The fourth-order valence-electron chi connectivity index (χ4n) is 6.18. The summed E-state index contributed by atoms with van der Waals surface area (Å²) in [6, 6.07) is 0. The van der Waals surface area contributed by atoms with Crippen LogP contribution in [-0.2, 0) is 23.9 Å². The number of Topliss-reactive ketones (excluding diaryl/α,β-unsaturated/α-hetero) is 4. The number of carbonyl (C=O) groups excluding carboxylic acids is 4. The molecule has 0 saturated carbocycles. The first-order valence-electron chi connectivity index (χ1n) is 17.5. The van der Waals surface area contributed by atoms with Crippen LogP contribution in [0.5, 0.6) is 0 Å². The van der Waals surface area contributed by atoms with Crippen molar-refractivity contribution in [1.29, 1.82) is 0 Å². The molecule has 4 fully saturated rings. The molecule has 0 aromatic carbocycles. The molecule has 268 valence electrons. The molecule has 0 spiro atoms. The minimum Gasteiger partial charge on any atom is -0.380 e. The van der Waals surface area contributed by atoms with Gasteiger partial charge in [0.25, 0.3) is 0 Å². The van der Waals surface area contributed by atoms with Crippen molar-refractivity contribution in [2.75, 3.05) is 47.7 Å². The van der Waals surface area contributed by atoms with Gasteiger partial charge in [-0.2, -0.15) is 35.3 Å². The maximum atomic E-state index is 12.0. The van der Waals surface area contributed by atoms with Gasteiger partial charge >= 0.3 is 0 Å². The normalized spacial score (nSPS) is 29.7. The molecule has 0 aliphatic carbocycles. The first-order chi connectivity index (χ1) is 21.0. The number of rotatable bonds is 3. The van der Waals surface area contributed by atoms with Gasteiger partial charge < -0.3 is 4.74 Å². The molecular weight excluding hydrogens is 633 g/mol. The van der Waals surface area contributed by atoms with Gasteiger partial charge in [0.05, 0.1) is 13.2 Å². The Morgan fingerprint density at radius 3 is 1.48 bits per heavy atom. The Labute approximate surface area is 295 Å². The lowest BCUT2D eigenvalue weighted by atomic mass is 9.75. The zero-order valence-corrected chi connectivity index (χ0v) is 34.2. The molecule has 46 heavy (non-hydrogen) atoms. The lowest BCUT2D eigenvalue weighted by Gasteiger charge is -2.38. The van der Waals surface area contributed by atoms with Crippen molar-refractivity contribution in [2.24, 2.45) is 63.6 Å². The predicted molar refractivity (Wildman–Crippen MR) is 202 cm³/mol. The van der Waals surface area contributed by atoms with Gasteiger partial charge in [0.15, 0.2) is 0 Å². The van der Waals surface area contributed by atoms with Crippen molar-refractivity contribution in [1.82, 2.24) is 0 Å². The van der Waals surface area contributed by atoms with Crippen LogP contribution in [0.25, 0.3) is 0 Å². The third-order valence-corrected chi connectivity index (χ3v) is 13.8. The summed E-state index contributed by atoms with van der Waals surface area (Å²) in [6.07, 6.45) is 0.799. The second-order valence-electron chi connectivity index (χ2n) is 17.1. The molecule has 5 unspecified atom stereocenters. The largest absolute Gasteiger partial charge is 0.380 e. The second-order valence-corrected chi connectivity index (χ2v) is 20.3. The van der Waals surface area contributed by atoms with Crippen molar-refractivity contribution in [2.45, 2.75) is 103 Å². The first-order valence-corrected chi connectivity index (χ1v) is 21.0. The Morgan fingerprint density at radius 1 is 0.674 bits per heavy atom. The molecule has 4 rings (SSSR count). The monoisotopic (exact) mass is 700 g/mol. The molecule has 0 radical (unpaired) electrons. The zero-order chi connectivity index (χ0) is 35.6. The van der Waals surface area contributed by atoms with Gasteiger partial charge in [-0.15, -0.1) is 0 Å². The van der Waals surface area contributed by atoms with Gasteiger partial charge in [0, 0.05) is 81.4 Å². The van der Waals surface area contributed by atoms with Crippen LogP contribution in [0, 0.1) is 63.6 Å². The van der Waals surface area contributed by atoms with Crippen molar-refractivity contribution >= 4 is 58.4 Å². The summed E-state index contributed by atoms with van der Waals surface area (Å²) in [4.78, 5) is 46.7. The van der Waals surface area contributed by atoms with Gasteiger partial charge in [0.2, 0.25) is 0 Å². The smallest absolute Gasteiger partial charge is 0.145 e. The van der Waals surface area contributed by atoms with E-state index in [1.165, 1.54) is 0 Å². The molecule has 4 saturated heterocycles. The summed E-state index contributed by atoms with van der Waals surface area (Å²) in [5.74, 6) is 10.6. The van der Waals surface area contributed by atoms with Crippen LogP contribution >= 0.6 is 35.3 Å². The molecule has 5 atom stereocenters. The number of hydrogen-bond acceptors (Lipinski definition) is 8. The number of carbonyl (C=O) groups is 4. The molecule has 5 nitrogen and oxygen atoms in total. The van der Waals surface area contributed by atoms with Crippen LogP contribution in [0.2, 0.25) is 0 Å². The Kier molecular flexibility index (Phi) is 18.2. The fraction of sp³-hybridized carbons (Fsp3) is 0.895. The second kappa shape index (κ2) is 19.2. The Balaban J connectivity index is 0.000000308. The Morgan fingerprint density at radius 2 is 1.13 bits per heavy atom. The molecular formula is C38H68O5S3. The van der Waals surface area contributed by atoms with Crippen LogP contribution in [0.15, 0.2) is 0 Å². The quantitative estimate of drug-likeness (QED) is 0.289. The first kappa shape index (κ1) is 43.7. The maximum Gasteiger partial charge on any atom is 0.145 e. The number of thioether (sulfide) groups is 3. The minimum atomic E-state index is -0.105. The number of hydrogen-bond donors (Lipinski definition) is 0. The van der Waals surface area contributed by atoms with E-state index in [0.717, 1.165) is 40.9 Å². The minimum absolute atomic E-state index is 0.0474. The maximum absolute atomic E-state index is 12.0. The van der Waals surface area contributed by atoms with Crippen LogP contribution in [-0.4, -0.2) is 70.9 Å². The highest BCUT2D eigenvalue weighted by molar-refractivity contribution is 7.99. The average Bonchev–Trinajstić information content (AvgIpc) is 2.93. The summed E-state index contributed by atoms with van der Waals surface area (Å²) < 4.78 is 5.37. The van der Waals surface area contributed by atoms with Crippen LogP contribution < -0.4 is 0 Å². The van der Waals surface area contributed by atoms with Crippen molar-refractivity contribution < 1.29 is 23.9 Å². The van der Waals surface area contributed by atoms with E-state index in [0.29, 0.717) is 71.9 Å². The molecule has 4 aliphatic rings. The van der Waals surface area contributed by atoms with Gasteiger partial charge in [0.1, 0.15) is 23.1 Å². The van der Waals surface area contributed by atoms with E-state index in [-0.39, 0.29) is 28.1 Å². The standard InChI is InChI=1S/C11H20OS.C10H18O2.C9H16OS.C8H14OS/c1-7(2)9-5-13-6-10(8(3)4)11(9)12;1-7-5-12-6-8(9(7)11)10(2,3)4;1-8(2)5-11-6-9(3,4)7(8)10;1-6(2)7-5-10-4-3-8(7)9/h7-10H,5-6H2,1-4H3;7-8H,5-6H2,1-4H3;5-6H2,1-4H3;6-7H,3-5H2,1-2H3. The van der Waals surface area contributed by atoms with E-state index in [1.807, 2.05) is 69.9 Å². The summed E-state index contributed by atoms with van der Waals surface area (Å²) in [7, 11) is 0. The molecule has 4 aliphatic heterocycles. The fourth-order valence-corrected chi connectivity index (χ4v) is 10.6. The van der Waals surface area contributed by atoms with E-state index in [2.05, 4.69) is 62.3 Å². The highest BCUT2D eigenvalue weighted by atomic mass is 32.2. The van der Waals surface area contributed by atoms with Crippen LogP contribution in [0.4, 0.5) is 0 Å². The highest BCUT2D eigenvalue weighted by Gasteiger charge is 2.42. The highest BCUT2D eigenvalue weighted by Crippen LogP contribution is 2.40. The summed E-state index contributed by atoms with van der Waals surface area (Å²) >= 11 is 5.76. The molecule has 0 bridgehead atoms. The van der Waals surface area contributed by atoms with Crippen molar-refractivity contribution in [3.8, 4) is 0 Å². The van der Waals surface area contributed by atoms with Gasteiger partial charge in [-0.1, -0.05) is 96.9 Å². The molecule has 4 heterocycles. The zero-order valence-electron chi connectivity index (χ0n) is 31.7. The van der Waals surface area contributed by atoms with Gasteiger partial charge in [-0.25, -0.2) is 0 Å². The third kappa shape index (κ3) is 13.5. The van der Waals surface area contributed by atoms with E-state index in [4.69, 9.17) is 4.74 Å². The van der Waals surface area contributed by atoms with E-state index < -0.39 is 0 Å². The summed E-state index contributed by atoms with van der Waals surface area (Å²) in [5, 5.41) is 0. The van der Waals surface area contributed by atoms with Crippen LogP contribution in [0.3, 0.4) is 0 Å². The Bertz CT molecular complexity index is 959.